The SMILES string of the molecule is C=C/C(=C\C)c1ccc2c(c1)c1ccccc1n2/C=C1/c2ccccc2-c2cccc(C)c21. The summed E-state index contributed by atoms with van der Waals surface area (Å²) in [5, 5.41) is 2.53. The van der Waals surface area contributed by atoms with E-state index < -0.39 is 0 Å². The lowest BCUT2D eigenvalue weighted by molar-refractivity contribution is 1.29. The first kappa shape index (κ1) is 19.6. The molecule has 0 bridgehead atoms. The number of rotatable bonds is 3. The quantitative estimate of drug-likeness (QED) is 0.251. The minimum atomic E-state index is 1.15. The number of benzene rings is 4. The summed E-state index contributed by atoms with van der Waals surface area (Å²) in [6.07, 6.45) is 6.38. The lowest BCUT2D eigenvalue weighted by Gasteiger charge is -2.09. The predicted molar refractivity (Wildman–Crippen MR) is 143 cm³/mol. The Morgan fingerprint density at radius 2 is 1.48 bits per heavy atom. The second-order valence-corrected chi connectivity index (χ2v) is 8.65. The maximum atomic E-state index is 3.99. The molecule has 1 aromatic heterocycles. The van der Waals surface area contributed by atoms with Gasteiger partial charge in [-0.2, -0.15) is 0 Å². The first-order chi connectivity index (χ1) is 16.2. The van der Waals surface area contributed by atoms with E-state index in [9.17, 15) is 0 Å². The topological polar surface area (TPSA) is 4.93 Å². The summed E-state index contributed by atoms with van der Waals surface area (Å²) < 4.78 is 2.37. The number of hydrogen-bond acceptors (Lipinski definition) is 0. The lowest BCUT2D eigenvalue weighted by Crippen LogP contribution is -1.92. The second kappa shape index (κ2) is 7.50. The fraction of sp³-hybridized carbons (Fsp3) is 0.0625. The van der Waals surface area contributed by atoms with Crippen molar-refractivity contribution in [1.82, 2.24) is 4.57 Å². The van der Waals surface area contributed by atoms with Gasteiger partial charge < -0.3 is 4.57 Å². The highest BCUT2D eigenvalue weighted by atomic mass is 15.0. The van der Waals surface area contributed by atoms with Crippen molar-refractivity contribution < 1.29 is 0 Å². The zero-order valence-corrected chi connectivity index (χ0v) is 19.0. The Hall–Kier alpha value is -4.10. The standard InChI is InChI=1S/C32H25N/c1-4-22(5-2)23-17-18-31-28(19-23)26-14-8-9-16-30(26)33(31)20-29-25-13-7-6-12-24(25)27-15-10-11-21(3)32(27)29/h4-20H,1H2,2-3H3/b22-5+,29-20-. The van der Waals surface area contributed by atoms with Crippen LogP contribution in [0.15, 0.2) is 104 Å². The van der Waals surface area contributed by atoms with E-state index in [2.05, 4.69) is 122 Å². The first-order valence-electron chi connectivity index (χ1n) is 11.4. The van der Waals surface area contributed by atoms with E-state index in [-0.39, 0.29) is 0 Å². The van der Waals surface area contributed by atoms with Crippen LogP contribution in [0.3, 0.4) is 0 Å². The van der Waals surface area contributed by atoms with Gasteiger partial charge in [0, 0.05) is 22.5 Å². The molecule has 0 spiro atoms. The molecular formula is C32H25N. The molecule has 1 heteroatoms. The molecule has 5 aromatic rings. The molecule has 6 rings (SSSR count). The van der Waals surface area contributed by atoms with E-state index in [0.29, 0.717) is 0 Å². The third-order valence-corrected chi connectivity index (χ3v) is 6.88. The summed E-state index contributed by atoms with van der Waals surface area (Å²) in [4.78, 5) is 0. The molecule has 1 heterocycles. The van der Waals surface area contributed by atoms with Crippen LogP contribution >= 0.6 is 0 Å². The molecule has 158 valence electrons. The predicted octanol–water partition coefficient (Wildman–Crippen LogP) is 8.72. The van der Waals surface area contributed by atoms with Gasteiger partial charge in [0.2, 0.25) is 0 Å². The number of aromatic nitrogens is 1. The Balaban J connectivity index is 1.69. The Kier molecular flexibility index (Phi) is 4.45. The Morgan fingerprint density at radius 1 is 0.758 bits per heavy atom. The molecule has 0 aliphatic heterocycles. The van der Waals surface area contributed by atoms with Crippen LogP contribution in [0, 0.1) is 6.92 Å². The molecule has 4 aromatic carbocycles. The van der Waals surface area contributed by atoms with Crippen LogP contribution in [0.1, 0.15) is 29.2 Å². The lowest BCUT2D eigenvalue weighted by atomic mass is 10.00. The van der Waals surface area contributed by atoms with Crippen LogP contribution in [-0.2, 0) is 0 Å². The normalized spacial score (nSPS) is 14.1. The van der Waals surface area contributed by atoms with E-state index >= 15 is 0 Å². The molecule has 33 heavy (non-hydrogen) atoms. The van der Waals surface area contributed by atoms with Gasteiger partial charge in [0.1, 0.15) is 0 Å². The van der Waals surface area contributed by atoms with Gasteiger partial charge >= 0.3 is 0 Å². The van der Waals surface area contributed by atoms with Gasteiger partial charge in [-0.3, -0.25) is 0 Å². The van der Waals surface area contributed by atoms with Gasteiger partial charge in [0.15, 0.2) is 0 Å². The van der Waals surface area contributed by atoms with Gasteiger partial charge in [-0.05, 0) is 71.0 Å². The molecule has 0 N–H and O–H groups in total. The maximum absolute atomic E-state index is 3.99. The highest BCUT2D eigenvalue weighted by Gasteiger charge is 2.25. The average Bonchev–Trinajstić information content (AvgIpc) is 3.34. The van der Waals surface area contributed by atoms with Crippen LogP contribution in [0.5, 0.6) is 0 Å². The van der Waals surface area contributed by atoms with E-state index in [0.717, 1.165) is 5.57 Å². The van der Waals surface area contributed by atoms with E-state index in [1.54, 1.807) is 0 Å². The van der Waals surface area contributed by atoms with Crippen LogP contribution in [0.4, 0.5) is 0 Å². The molecule has 0 unspecified atom stereocenters. The summed E-state index contributed by atoms with van der Waals surface area (Å²) in [6, 6.07) is 30.8. The average molecular weight is 424 g/mol. The van der Waals surface area contributed by atoms with E-state index in [4.69, 9.17) is 0 Å². The molecule has 1 aliphatic rings. The van der Waals surface area contributed by atoms with E-state index in [1.165, 1.54) is 60.8 Å². The van der Waals surface area contributed by atoms with Gasteiger partial charge in [-0.1, -0.05) is 85.5 Å². The zero-order chi connectivity index (χ0) is 22.5. The summed E-state index contributed by atoms with van der Waals surface area (Å²) in [5.74, 6) is 0. The molecular weight excluding hydrogens is 398 g/mol. The smallest absolute Gasteiger partial charge is 0.0535 e. The number of hydrogen-bond donors (Lipinski definition) is 0. The molecule has 1 nitrogen and oxygen atoms in total. The molecule has 0 radical (unpaired) electrons. The molecule has 0 saturated heterocycles. The second-order valence-electron chi connectivity index (χ2n) is 8.65. The third kappa shape index (κ3) is 2.86. The third-order valence-electron chi connectivity index (χ3n) is 6.88. The molecule has 0 amide bonds. The number of fused-ring (bicyclic) bond motifs is 6. The van der Waals surface area contributed by atoms with Crippen molar-refractivity contribution in [3.8, 4) is 11.1 Å². The van der Waals surface area contributed by atoms with Crippen molar-refractivity contribution in [2.24, 2.45) is 0 Å². The van der Waals surface area contributed by atoms with Crippen molar-refractivity contribution in [2.45, 2.75) is 13.8 Å². The van der Waals surface area contributed by atoms with Crippen LogP contribution < -0.4 is 0 Å². The summed E-state index contributed by atoms with van der Waals surface area (Å²) >= 11 is 0. The molecule has 0 fully saturated rings. The Morgan fingerprint density at radius 3 is 2.30 bits per heavy atom. The fourth-order valence-corrected chi connectivity index (χ4v) is 5.32. The van der Waals surface area contributed by atoms with Crippen LogP contribution in [-0.4, -0.2) is 4.57 Å². The van der Waals surface area contributed by atoms with Crippen LogP contribution in [0.25, 0.3) is 50.3 Å². The van der Waals surface area contributed by atoms with Crippen molar-refractivity contribution >= 4 is 39.2 Å². The number of aryl methyl sites for hydroxylation is 1. The summed E-state index contributed by atoms with van der Waals surface area (Å²) in [7, 11) is 0. The van der Waals surface area contributed by atoms with Crippen molar-refractivity contribution in [1.29, 1.82) is 0 Å². The summed E-state index contributed by atoms with van der Waals surface area (Å²) in [5.41, 5.74) is 12.6. The van der Waals surface area contributed by atoms with Gasteiger partial charge in [0.25, 0.3) is 0 Å². The van der Waals surface area contributed by atoms with Gasteiger partial charge in [0.05, 0.1) is 11.0 Å². The number of allylic oxidation sites excluding steroid dienone is 3. The maximum Gasteiger partial charge on any atom is 0.0535 e. The highest BCUT2D eigenvalue weighted by molar-refractivity contribution is 6.13. The molecule has 1 aliphatic carbocycles. The Labute approximate surface area is 194 Å². The Bertz CT molecular complexity index is 1640. The van der Waals surface area contributed by atoms with Crippen molar-refractivity contribution in [2.75, 3.05) is 0 Å². The monoisotopic (exact) mass is 423 g/mol. The fourth-order valence-electron chi connectivity index (χ4n) is 5.32. The molecule has 0 atom stereocenters. The zero-order valence-electron chi connectivity index (χ0n) is 19.0. The largest absolute Gasteiger partial charge is 0.315 e. The summed E-state index contributed by atoms with van der Waals surface area (Å²) in [6.45, 7) is 8.27. The highest BCUT2D eigenvalue weighted by Crippen LogP contribution is 2.46. The minimum Gasteiger partial charge on any atom is -0.315 e. The molecule has 0 saturated carbocycles. The number of nitrogens with zero attached hydrogens (tertiary/aromatic N) is 1. The minimum absolute atomic E-state index is 1.15. The van der Waals surface area contributed by atoms with Gasteiger partial charge in [-0.25, -0.2) is 0 Å². The van der Waals surface area contributed by atoms with Crippen molar-refractivity contribution in [3.05, 3.63) is 126 Å². The number of para-hydroxylation sites is 1. The van der Waals surface area contributed by atoms with Gasteiger partial charge in [-0.15, -0.1) is 0 Å². The van der Waals surface area contributed by atoms with Crippen LogP contribution in [0.2, 0.25) is 0 Å². The van der Waals surface area contributed by atoms with E-state index in [1.807, 2.05) is 6.08 Å². The van der Waals surface area contributed by atoms with Crippen molar-refractivity contribution in [3.63, 3.8) is 0 Å². The first-order valence-corrected chi connectivity index (χ1v) is 11.4.